The van der Waals surface area contributed by atoms with Crippen LogP contribution >= 0.6 is 0 Å². The fraction of sp³-hybridized carbons (Fsp3) is 0.250. The highest BCUT2D eigenvalue weighted by atomic mass is 16.5. The Balaban J connectivity index is 1.37. The van der Waals surface area contributed by atoms with Gasteiger partial charge in [0.05, 0.1) is 0 Å². The lowest BCUT2D eigenvalue weighted by atomic mass is 10.1. The van der Waals surface area contributed by atoms with Crippen molar-refractivity contribution in [3.63, 3.8) is 0 Å². The van der Waals surface area contributed by atoms with Gasteiger partial charge in [0.25, 0.3) is 5.89 Å². The van der Waals surface area contributed by atoms with Crippen molar-refractivity contribution in [2.45, 2.75) is 26.0 Å². The highest BCUT2D eigenvalue weighted by Crippen LogP contribution is 2.24. The van der Waals surface area contributed by atoms with Gasteiger partial charge in [-0.15, -0.1) is 0 Å². The number of benzene rings is 2. The van der Waals surface area contributed by atoms with Crippen LogP contribution in [-0.2, 0) is 17.9 Å². The second-order valence-electron chi connectivity index (χ2n) is 6.34. The normalized spacial score (nSPS) is 14.0. The van der Waals surface area contributed by atoms with Crippen LogP contribution in [-0.4, -0.2) is 22.6 Å². The van der Waals surface area contributed by atoms with Crippen LogP contribution in [0.25, 0.3) is 11.4 Å². The third-order valence-electron chi connectivity index (χ3n) is 4.50. The molecule has 0 atom stereocenters. The van der Waals surface area contributed by atoms with Gasteiger partial charge in [0.2, 0.25) is 11.7 Å². The molecule has 1 aliphatic rings. The Bertz CT molecular complexity index is 919. The number of hydrogen-bond acceptors (Lipinski definition) is 6. The maximum absolute atomic E-state index is 11.8. The number of nitrogens with zero attached hydrogens (tertiary/aromatic N) is 3. The third kappa shape index (κ3) is 3.83. The molecule has 1 amide bonds. The number of ether oxygens (including phenoxy) is 1. The van der Waals surface area contributed by atoms with Crippen molar-refractivity contribution in [3.05, 3.63) is 60.0 Å². The molecular weight excluding hydrogens is 344 g/mol. The van der Waals surface area contributed by atoms with Gasteiger partial charge in [-0.3, -0.25) is 4.79 Å². The van der Waals surface area contributed by atoms with Crippen LogP contribution < -0.4 is 15.4 Å². The number of hydrogen-bond donors (Lipinski definition) is 1. The second kappa shape index (κ2) is 7.59. The molecule has 4 rings (SSSR count). The van der Waals surface area contributed by atoms with E-state index < -0.39 is 0 Å². The van der Waals surface area contributed by atoms with Crippen LogP contribution in [0, 0.1) is 0 Å². The number of carbonyl (C=O) groups is 1. The summed E-state index contributed by atoms with van der Waals surface area (Å²) in [5.41, 5.74) is 8.41. The molecule has 2 heterocycles. The summed E-state index contributed by atoms with van der Waals surface area (Å²) >= 11 is 0. The molecule has 3 aromatic rings. The van der Waals surface area contributed by atoms with Gasteiger partial charge in [0.1, 0.15) is 5.75 Å². The van der Waals surface area contributed by atoms with E-state index in [4.69, 9.17) is 15.0 Å². The predicted molar refractivity (Wildman–Crippen MR) is 100.0 cm³/mol. The monoisotopic (exact) mass is 364 g/mol. The minimum absolute atomic E-state index is 0.168. The summed E-state index contributed by atoms with van der Waals surface area (Å²) in [5, 5.41) is 3.99. The van der Waals surface area contributed by atoms with Crippen molar-refractivity contribution in [3.8, 4) is 17.1 Å². The van der Waals surface area contributed by atoms with E-state index in [2.05, 4.69) is 10.1 Å². The van der Waals surface area contributed by atoms with E-state index in [0.29, 0.717) is 30.4 Å². The zero-order valence-corrected chi connectivity index (χ0v) is 14.8. The number of amides is 1. The number of aromatic nitrogens is 2. The van der Waals surface area contributed by atoms with E-state index in [1.54, 1.807) is 4.90 Å². The first-order chi connectivity index (χ1) is 13.2. The molecule has 0 aliphatic carbocycles. The van der Waals surface area contributed by atoms with Crippen LogP contribution in [0.4, 0.5) is 5.69 Å². The molecule has 1 saturated heterocycles. The minimum atomic E-state index is 0.168. The van der Waals surface area contributed by atoms with Crippen molar-refractivity contribution >= 4 is 11.6 Å². The quantitative estimate of drug-likeness (QED) is 0.723. The Kier molecular flexibility index (Phi) is 4.84. The van der Waals surface area contributed by atoms with Crippen molar-refractivity contribution in [1.82, 2.24) is 10.1 Å². The molecule has 1 fully saturated rings. The molecule has 7 nitrogen and oxygen atoms in total. The van der Waals surface area contributed by atoms with Gasteiger partial charge >= 0.3 is 0 Å². The van der Waals surface area contributed by atoms with Crippen molar-refractivity contribution < 1.29 is 14.1 Å². The number of carbonyl (C=O) groups excluding carboxylic acids is 1. The van der Waals surface area contributed by atoms with Crippen LogP contribution in [0.3, 0.4) is 0 Å². The number of anilines is 1. The highest BCUT2D eigenvalue weighted by Gasteiger charge is 2.21. The first-order valence-electron chi connectivity index (χ1n) is 8.88. The molecule has 1 aromatic heterocycles. The van der Waals surface area contributed by atoms with Gasteiger partial charge in [0.15, 0.2) is 6.61 Å². The van der Waals surface area contributed by atoms with E-state index in [-0.39, 0.29) is 12.5 Å². The number of rotatable bonds is 6. The molecule has 138 valence electrons. The number of nitrogens with two attached hydrogens (primary N) is 1. The predicted octanol–water partition coefficient (Wildman–Crippen LogP) is 2.90. The molecule has 2 N–H and O–H groups in total. The Morgan fingerprint density at radius 1 is 1.11 bits per heavy atom. The van der Waals surface area contributed by atoms with E-state index >= 15 is 0 Å². The molecule has 0 saturated carbocycles. The summed E-state index contributed by atoms with van der Waals surface area (Å²) in [6, 6.07) is 15.1. The molecule has 1 aliphatic heterocycles. The second-order valence-corrected chi connectivity index (χ2v) is 6.34. The topological polar surface area (TPSA) is 94.5 Å². The fourth-order valence-corrected chi connectivity index (χ4v) is 3.01. The van der Waals surface area contributed by atoms with Crippen molar-refractivity contribution in [2.75, 3.05) is 11.4 Å². The lowest BCUT2D eigenvalue weighted by Gasteiger charge is -2.15. The van der Waals surface area contributed by atoms with Crippen LogP contribution in [0.1, 0.15) is 24.3 Å². The van der Waals surface area contributed by atoms with Crippen molar-refractivity contribution in [2.24, 2.45) is 5.73 Å². The molecule has 0 spiro atoms. The van der Waals surface area contributed by atoms with Crippen LogP contribution in [0.15, 0.2) is 53.1 Å². The molecule has 2 aromatic carbocycles. The molecular formula is C20H20N4O3. The molecule has 0 bridgehead atoms. The molecule has 0 unspecified atom stereocenters. The maximum Gasteiger partial charge on any atom is 0.264 e. The van der Waals surface area contributed by atoms with Gasteiger partial charge in [-0.25, -0.2) is 0 Å². The van der Waals surface area contributed by atoms with Gasteiger partial charge < -0.3 is 19.9 Å². The Morgan fingerprint density at radius 3 is 2.56 bits per heavy atom. The smallest absolute Gasteiger partial charge is 0.264 e. The van der Waals surface area contributed by atoms with E-state index in [1.807, 2.05) is 48.5 Å². The minimum Gasteiger partial charge on any atom is -0.484 e. The Hall–Kier alpha value is -3.19. The lowest BCUT2D eigenvalue weighted by Crippen LogP contribution is -2.23. The van der Waals surface area contributed by atoms with E-state index in [9.17, 15) is 4.79 Å². The molecule has 27 heavy (non-hydrogen) atoms. The maximum atomic E-state index is 11.8. The zero-order valence-electron chi connectivity index (χ0n) is 14.8. The van der Waals surface area contributed by atoms with Crippen molar-refractivity contribution in [1.29, 1.82) is 0 Å². The lowest BCUT2D eigenvalue weighted by molar-refractivity contribution is -0.117. The SMILES string of the molecule is NCc1ccc(-c2noc(COc3ccc(N4CCCC4=O)cc3)n2)cc1. The first-order valence-corrected chi connectivity index (χ1v) is 8.88. The first kappa shape index (κ1) is 17.2. The summed E-state index contributed by atoms with van der Waals surface area (Å²) in [6.07, 6.45) is 1.53. The summed E-state index contributed by atoms with van der Waals surface area (Å²) in [4.78, 5) is 17.9. The average molecular weight is 364 g/mol. The summed E-state index contributed by atoms with van der Waals surface area (Å²) < 4.78 is 11.0. The standard InChI is InChI=1S/C20H20N4O3/c21-12-14-3-5-15(6-4-14)20-22-18(27-23-20)13-26-17-9-7-16(8-10-17)24-11-1-2-19(24)25/h3-10H,1-2,11-13,21H2. The highest BCUT2D eigenvalue weighted by molar-refractivity contribution is 5.95. The fourth-order valence-electron chi connectivity index (χ4n) is 3.01. The van der Waals surface area contributed by atoms with E-state index in [0.717, 1.165) is 29.8 Å². The van der Waals surface area contributed by atoms with Gasteiger partial charge in [-0.1, -0.05) is 29.4 Å². The van der Waals surface area contributed by atoms with Crippen LogP contribution in [0.2, 0.25) is 0 Å². The molecule has 7 heteroatoms. The van der Waals surface area contributed by atoms with Gasteiger partial charge in [0, 0.05) is 30.8 Å². The Morgan fingerprint density at radius 2 is 1.89 bits per heavy atom. The largest absolute Gasteiger partial charge is 0.484 e. The van der Waals surface area contributed by atoms with Crippen LogP contribution in [0.5, 0.6) is 5.75 Å². The zero-order chi connectivity index (χ0) is 18.6. The summed E-state index contributed by atoms with van der Waals surface area (Å²) in [5.74, 6) is 1.76. The third-order valence-corrected chi connectivity index (χ3v) is 4.50. The molecule has 0 radical (unpaired) electrons. The Labute approximate surface area is 156 Å². The summed E-state index contributed by atoms with van der Waals surface area (Å²) in [7, 11) is 0. The van der Waals surface area contributed by atoms with E-state index in [1.165, 1.54) is 0 Å². The van der Waals surface area contributed by atoms with Gasteiger partial charge in [-0.05, 0) is 36.2 Å². The average Bonchev–Trinajstić information content (AvgIpc) is 3.36. The summed E-state index contributed by atoms with van der Waals surface area (Å²) in [6.45, 7) is 1.45. The van der Waals surface area contributed by atoms with Gasteiger partial charge in [-0.2, -0.15) is 4.98 Å².